The zero-order chi connectivity index (χ0) is 22.6. The molecule has 1 aliphatic rings. The van der Waals surface area contributed by atoms with Crippen LogP contribution in [0.3, 0.4) is 0 Å². The van der Waals surface area contributed by atoms with E-state index in [9.17, 15) is 9.18 Å². The maximum absolute atomic E-state index is 13.4. The van der Waals surface area contributed by atoms with Gasteiger partial charge in [0, 0.05) is 29.6 Å². The van der Waals surface area contributed by atoms with Gasteiger partial charge in [-0.15, -0.1) is 0 Å². The number of hydrogen-bond acceptors (Lipinski definition) is 3. The molecule has 0 unspecified atom stereocenters. The maximum Gasteiger partial charge on any atom is 0.252 e. The number of rotatable bonds is 6. The van der Waals surface area contributed by atoms with E-state index in [1.165, 1.54) is 17.7 Å². The largest absolute Gasteiger partial charge is 0.349 e. The van der Waals surface area contributed by atoms with E-state index in [0.29, 0.717) is 17.3 Å². The molecule has 3 aromatic carbocycles. The molecule has 4 aromatic rings. The Hall–Kier alpha value is -3.57. The Kier molecular flexibility index (Phi) is 6.13. The SMILES string of the molecule is O=C(N[C@@H]1CC[C@H](NCc2ccccc2)C1)c1cc(-c2ccc(F)cc2)nc2ccccc12. The second-order valence-electron chi connectivity index (χ2n) is 8.63. The summed E-state index contributed by atoms with van der Waals surface area (Å²) in [5.74, 6) is -0.389. The first kappa shape index (κ1) is 21.3. The lowest BCUT2D eigenvalue weighted by atomic mass is 10.0. The van der Waals surface area contributed by atoms with Crippen molar-refractivity contribution < 1.29 is 9.18 Å². The second-order valence-corrected chi connectivity index (χ2v) is 8.63. The van der Waals surface area contributed by atoms with Crippen molar-refractivity contribution in [3.63, 3.8) is 0 Å². The summed E-state index contributed by atoms with van der Waals surface area (Å²) in [6.07, 6.45) is 2.90. The molecule has 1 aliphatic carbocycles. The van der Waals surface area contributed by atoms with Crippen molar-refractivity contribution >= 4 is 16.8 Å². The van der Waals surface area contributed by atoms with Gasteiger partial charge >= 0.3 is 0 Å². The predicted octanol–water partition coefficient (Wildman–Crippen LogP) is 5.48. The average molecular weight is 440 g/mol. The highest BCUT2D eigenvalue weighted by atomic mass is 19.1. The van der Waals surface area contributed by atoms with Gasteiger partial charge in [0.15, 0.2) is 0 Å². The van der Waals surface area contributed by atoms with Crippen molar-refractivity contribution in [3.8, 4) is 11.3 Å². The smallest absolute Gasteiger partial charge is 0.252 e. The van der Waals surface area contributed by atoms with Crippen LogP contribution in [0.4, 0.5) is 4.39 Å². The molecule has 1 amide bonds. The Morgan fingerprint density at radius 1 is 0.909 bits per heavy atom. The van der Waals surface area contributed by atoms with E-state index >= 15 is 0 Å². The topological polar surface area (TPSA) is 54.0 Å². The van der Waals surface area contributed by atoms with Crippen molar-refractivity contribution in [1.82, 2.24) is 15.6 Å². The van der Waals surface area contributed by atoms with E-state index in [2.05, 4.69) is 22.8 Å². The fourth-order valence-electron chi connectivity index (χ4n) is 4.55. The molecule has 2 atom stereocenters. The van der Waals surface area contributed by atoms with Crippen LogP contribution in [-0.2, 0) is 6.54 Å². The average Bonchev–Trinajstić information content (AvgIpc) is 3.30. The molecule has 0 bridgehead atoms. The lowest BCUT2D eigenvalue weighted by Crippen LogP contribution is -2.35. The van der Waals surface area contributed by atoms with Gasteiger partial charge in [-0.3, -0.25) is 4.79 Å². The molecule has 0 saturated heterocycles. The molecule has 0 spiro atoms. The molecular weight excluding hydrogens is 413 g/mol. The lowest BCUT2D eigenvalue weighted by Gasteiger charge is -2.16. The summed E-state index contributed by atoms with van der Waals surface area (Å²) in [5, 5.41) is 7.67. The lowest BCUT2D eigenvalue weighted by molar-refractivity contribution is 0.0939. The van der Waals surface area contributed by atoms with Gasteiger partial charge in [-0.2, -0.15) is 0 Å². The molecule has 33 heavy (non-hydrogen) atoms. The minimum Gasteiger partial charge on any atom is -0.349 e. The number of nitrogens with zero attached hydrogens (tertiary/aromatic N) is 1. The highest BCUT2D eigenvalue weighted by molar-refractivity contribution is 6.07. The van der Waals surface area contributed by atoms with Gasteiger partial charge in [-0.05, 0) is 61.2 Å². The number of halogens is 1. The number of benzene rings is 3. The van der Waals surface area contributed by atoms with Crippen molar-refractivity contribution in [2.75, 3.05) is 0 Å². The molecule has 166 valence electrons. The number of carbonyl (C=O) groups is 1. The van der Waals surface area contributed by atoms with Crippen LogP contribution in [0, 0.1) is 5.82 Å². The zero-order valence-electron chi connectivity index (χ0n) is 18.3. The molecule has 5 heteroatoms. The van der Waals surface area contributed by atoms with E-state index in [4.69, 9.17) is 4.98 Å². The number of amides is 1. The fourth-order valence-corrected chi connectivity index (χ4v) is 4.55. The zero-order valence-corrected chi connectivity index (χ0v) is 18.3. The maximum atomic E-state index is 13.4. The Morgan fingerprint density at radius 3 is 2.45 bits per heavy atom. The van der Waals surface area contributed by atoms with Gasteiger partial charge in [0.1, 0.15) is 5.82 Å². The van der Waals surface area contributed by atoms with Crippen LogP contribution < -0.4 is 10.6 Å². The summed E-state index contributed by atoms with van der Waals surface area (Å²) in [5.41, 5.74) is 4.05. The summed E-state index contributed by atoms with van der Waals surface area (Å²) in [6, 6.07) is 26.5. The highest BCUT2D eigenvalue weighted by Crippen LogP contribution is 2.26. The van der Waals surface area contributed by atoms with Crippen LogP contribution in [0.15, 0.2) is 84.9 Å². The number of aromatic nitrogens is 1. The normalized spacial score (nSPS) is 17.8. The number of hydrogen-bond donors (Lipinski definition) is 2. The third-order valence-electron chi connectivity index (χ3n) is 6.31. The van der Waals surface area contributed by atoms with Gasteiger partial charge in [0.2, 0.25) is 0 Å². The molecule has 0 aliphatic heterocycles. The van der Waals surface area contributed by atoms with Gasteiger partial charge in [0.25, 0.3) is 5.91 Å². The van der Waals surface area contributed by atoms with Gasteiger partial charge in [-0.25, -0.2) is 9.37 Å². The van der Waals surface area contributed by atoms with Crippen LogP contribution in [0.1, 0.15) is 35.2 Å². The highest BCUT2D eigenvalue weighted by Gasteiger charge is 2.26. The summed E-state index contributed by atoms with van der Waals surface area (Å²) in [7, 11) is 0. The number of para-hydroxylation sites is 1. The Balaban J connectivity index is 1.31. The standard InChI is InChI=1S/C28H26FN3O/c29-21-12-10-20(11-13-21)27-17-25(24-8-4-5-9-26(24)32-27)28(33)31-23-15-14-22(16-23)30-18-19-6-2-1-3-7-19/h1-13,17,22-23,30H,14-16,18H2,(H,31,33)/t22-,23+/m0/s1. The number of nitrogens with one attached hydrogen (secondary N) is 2. The molecular formula is C28H26FN3O. The Morgan fingerprint density at radius 2 is 1.64 bits per heavy atom. The predicted molar refractivity (Wildman–Crippen MR) is 129 cm³/mol. The van der Waals surface area contributed by atoms with Crippen LogP contribution >= 0.6 is 0 Å². The number of carbonyl (C=O) groups excluding carboxylic acids is 1. The van der Waals surface area contributed by atoms with E-state index < -0.39 is 0 Å². The first-order valence-electron chi connectivity index (χ1n) is 11.4. The first-order valence-corrected chi connectivity index (χ1v) is 11.4. The van der Waals surface area contributed by atoms with E-state index in [-0.39, 0.29) is 17.8 Å². The molecule has 0 radical (unpaired) electrons. The van der Waals surface area contributed by atoms with Gasteiger partial charge < -0.3 is 10.6 Å². The summed E-state index contributed by atoms with van der Waals surface area (Å²) >= 11 is 0. The van der Waals surface area contributed by atoms with Crippen molar-refractivity contribution in [3.05, 3.63) is 102 Å². The van der Waals surface area contributed by atoms with Gasteiger partial charge in [0.05, 0.1) is 16.8 Å². The minimum atomic E-state index is -0.297. The van der Waals surface area contributed by atoms with Crippen LogP contribution in [0.2, 0.25) is 0 Å². The second kappa shape index (κ2) is 9.51. The molecule has 1 saturated carbocycles. The molecule has 5 rings (SSSR count). The van der Waals surface area contributed by atoms with Crippen LogP contribution in [0.5, 0.6) is 0 Å². The summed E-state index contributed by atoms with van der Waals surface area (Å²) < 4.78 is 13.4. The molecule has 1 aromatic heterocycles. The van der Waals surface area contributed by atoms with Crippen LogP contribution in [-0.4, -0.2) is 23.0 Å². The monoisotopic (exact) mass is 439 g/mol. The van der Waals surface area contributed by atoms with Gasteiger partial charge in [-0.1, -0.05) is 48.5 Å². The first-order chi connectivity index (χ1) is 16.2. The quantitative estimate of drug-likeness (QED) is 0.418. The van der Waals surface area contributed by atoms with Crippen molar-refractivity contribution in [2.45, 2.75) is 37.9 Å². The third kappa shape index (κ3) is 4.94. The van der Waals surface area contributed by atoms with Crippen molar-refractivity contribution in [2.24, 2.45) is 0 Å². The summed E-state index contributed by atoms with van der Waals surface area (Å²) in [6.45, 7) is 0.836. The minimum absolute atomic E-state index is 0.0920. The third-order valence-corrected chi connectivity index (χ3v) is 6.31. The Bertz CT molecular complexity index is 1260. The van der Waals surface area contributed by atoms with Crippen LogP contribution in [0.25, 0.3) is 22.2 Å². The van der Waals surface area contributed by atoms with Crippen molar-refractivity contribution in [1.29, 1.82) is 0 Å². The molecule has 4 nitrogen and oxygen atoms in total. The molecule has 1 heterocycles. The van der Waals surface area contributed by atoms with E-state index in [1.807, 2.05) is 48.5 Å². The summed E-state index contributed by atoms with van der Waals surface area (Å²) in [4.78, 5) is 18.0. The van der Waals surface area contributed by atoms with E-state index in [1.54, 1.807) is 12.1 Å². The molecule has 1 fully saturated rings. The number of fused-ring (bicyclic) bond motifs is 1. The Labute approximate surface area is 192 Å². The fraction of sp³-hybridized carbons (Fsp3) is 0.214. The van der Waals surface area contributed by atoms with E-state index in [0.717, 1.165) is 42.3 Å². The molecule has 2 N–H and O–H groups in total. The number of pyridine rings is 1.